The first-order chi connectivity index (χ1) is 6.25. The van der Waals surface area contributed by atoms with E-state index in [0.717, 1.165) is 0 Å². The fourth-order valence-electron chi connectivity index (χ4n) is 0.723. The molecule has 0 atom stereocenters. The zero-order valence-electron chi connectivity index (χ0n) is 7.02. The van der Waals surface area contributed by atoms with Crippen molar-refractivity contribution >= 4 is 17.4 Å². The van der Waals surface area contributed by atoms with Crippen LogP contribution in [-0.4, -0.2) is 16.5 Å². The number of aromatic amines is 1. The number of nitrogens with one attached hydrogen (secondary N) is 2. The molecule has 0 saturated carbocycles. The van der Waals surface area contributed by atoms with E-state index in [1.807, 2.05) is 0 Å². The molecule has 1 heterocycles. The molecular weight excluding hydrogens is 190 g/mol. The molecule has 4 nitrogen and oxygen atoms in total. The van der Waals surface area contributed by atoms with Crippen LogP contribution in [0.2, 0.25) is 5.02 Å². The minimum absolute atomic E-state index is 0.0559. The second-order valence-electron chi connectivity index (χ2n) is 2.17. The van der Waals surface area contributed by atoms with E-state index in [9.17, 15) is 4.79 Å². The van der Waals surface area contributed by atoms with Crippen molar-refractivity contribution in [3.63, 3.8) is 0 Å². The van der Waals surface area contributed by atoms with E-state index < -0.39 is 0 Å². The van der Waals surface area contributed by atoms with Gasteiger partial charge >= 0.3 is 0 Å². The maximum absolute atomic E-state index is 11.0. The molecule has 0 saturated heterocycles. The number of anilines is 1. The Kier molecular flexibility index (Phi) is 3.35. The van der Waals surface area contributed by atoms with Gasteiger partial charge in [0.1, 0.15) is 5.02 Å². The van der Waals surface area contributed by atoms with Crippen LogP contribution >= 0.6 is 11.6 Å². The molecule has 0 amide bonds. The number of hydrogen-bond donors (Lipinski definition) is 2. The van der Waals surface area contributed by atoms with Crippen LogP contribution in [0, 0.1) is 11.8 Å². The van der Waals surface area contributed by atoms with Crippen molar-refractivity contribution in [2.24, 2.45) is 0 Å². The topological polar surface area (TPSA) is 57.8 Å². The first-order valence-corrected chi connectivity index (χ1v) is 4.00. The number of H-pyrrole nitrogens is 1. The Balaban J connectivity index is 2.81. The van der Waals surface area contributed by atoms with Gasteiger partial charge in [-0.3, -0.25) is 4.79 Å². The highest BCUT2D eigenvalue weighted by Gasteiger charge is 2.02. The second kappa shape index (κ2) is 4.53. The quantitative estimate of drug-likeness (QED) is 0.692. The van der Waals surface area contributed by atoms with Crippen LogP contribution in [0.5, 0.6) is 0 Å². The van der Waals surface area contributed by atoms with Crippen LogP contribution in [0.25, 0.3) is 0 Å². The van der Waals surface area contributed by atoms with Crippen LogP contribution in [0.15, 0.2) is 11.1 Å². The molecule has 0 aliphatic heterocycles. The highest BCUT2D eigenvalue weighted by atomic mass is 35.5. The van der Waals surface area contributed by atoms with Gasteiger partial charge in [-0.05, 0) is 6.92 Å². The van der Waals surface area contributed by atoms with E-state index in [-0.39, 0.29) is 10.6 Å². The largest absolute Gasteiger partial charge is 0.358 e. The van der Waals surface area contributed by atoms with Crippen LogP contribution in [0.4, 0.5) is 5.82 Å². The monoisotopic (exact) mass is 197 g/mol. The zero-order chi connectivity index (χ0) is 9.68. The summed E-state index contributed by atoms with van der Waals surface area (Å²) >= 11 is 5.66. The number of hydrogen-bond acceptors (Lipinski definition) is 3. The molecule has 13 heavy (non-hydrogen) atoms. The maximum atomic E-state index is 11.0. The molecule has 1 aromatic rings. The summed E-state index contributed by atoms with van der Waals surface area (Å²) in [6, 6.07) is 0. The fourth-order valence-corrected chi connectivity index (χ4v) is 0.893. The first kappa shape index (κ1) is 9.62. The molecule has 0 spiro atoms. The van der Waals surface area contributed by atoms with Crippen LogP contribution in [0.1, 0.15) is 6.92 Å². The van der Waals surface area contributed by atoms with Gasteiger partial charge in [0, 0.05) is 0 Å². The summed E-state index contributed by atoms with van der Waals surface area (Å²) in [6.07, 6.45) is 1.29. The summed E-state index contributed by atoms with van der Waals surface area (Å²) in [5, 5.41) is 2.87. The maximum Gasteiger partial charge on any atom is 0.271 e. The lowest BCUT2D eigenvalue weighted by atomic mass is 10.5. The minimum Gasteiger partial charge on any atom is -0.358 e. The molecule has 5 heteroatoms. The molecular formula is C8H8ClN3O. The van der Waals surface area contributed by atoms with Crippen LogP contribution in [0.3, 0.4) is 0 Å². The van der Waals surface area contributed by atoms with Gasteiger partial charge in [0.2, 0.25) is 0 Å². The van der Waals surface area contributed by atoms with Crippen LogP contribution < -0.4 is 10.9 Å². The number of nitrogens with zero attached hydrogens (tertiary/aromatic N) is 1. The van der Waals surface area contributed by atoms with Crippen molar-refractivity contribution in [3.05, 3.63) is 21.7 Å². The van der Waals surface area contributed by atoms with Gasteiger partial charge in [-0.15, -0.1) is 5.92 Å². The third kappa shape index (κ3) is 2.49. The molecule has 0 aliphatic carbocycles. The van der Waals surface area contributed by atoms with Gasteiger partial charge in [-0.1, -0.05) is 17.5 Å². The van der Waals surface area contributed by atoms with Gasteiger partial charge < -0.3 is 10.3 Å². The standard InChI is InChI=1S/C8H8ClN3O/c1-2-3-4-10-7-6(9)8(13)12-5-11-7/h5H,4H2,1H3,(H2,10,11,12,13). The lowest BCUT2D eigenvalue weighted by Gasteiger charge is -2.00. The first-order valence-electron chi connectivity index (χ1n) is 3.62. The Bertz CT molecular complexity index is 402. The normalized spacial score (nSPS) is 8.77. The second-order valence-corrected chi connectivity index (χ2v) is 2.55. The number of rotatable bonds is 2. The Morgan fingerprint density at radius 1 is 1.77 bits per heavy atom. The lowest BCUT2D eigenvalue weighted by molar-refractivity contribution is 1.10. The summed E-state index contributed by atoms with van der Waals surface area (Å²) in [7, 11) is 0. The van der Waals surface area contributed by atoms with Gasteiger partial charge in [0.25, 0.3) is 5.56 Å². The summed E-state index contributed by atoms with van der Waals surface area (Å²) < 4.78 is 0. The minimum atomic E-state index is -0.358. The van der Waals surface area contributed by atoms with Crippen molar-refractivity contribution in [3.8, 4) is 11.8 Å². The smallest absolute Gasteiger partial charge is 0.271 e. The molecule has 68 valence electrons. The fraction of sp³-hybridized carbons (Fsp3) is 0.250. The Morgan fingerprint density at radius 3 is 3.23 bits per heavy atom. The zero-order valence-corrected chi connectivity index (χ0v) is 7.77. The van der Waals surface area contributed by atoms with Crippen molar-refractivity contribution < 1.29 is 0 Å². The van der Waals surface area contributed by atoms with Gasteiger partial charge in [-0.25, -0.2) is 4.98 Å². The van der Waals surface area contributed by atoms with E-state index in [1.54, 1.807) is 6.92 Å². The molecule has 0 aromatic carbocycles. The van der Waals surface area contributed by atoms with E-state index >= 15 is 0 Å². The average Bonchev–Trinajstić information content (AvgIpc) is 2.13. The van der Waals surface area contributed by atoms with Gasteiger partial charge in [0.15, 0.2) is 5.82 Å². The number of halogens is 1. The number of aromatic nitrogens is 2. The molecule has 1 aromatic heterocycles. The van der Waals surface area contributed by atoms with E-state index in [0.29, 0.717) is 12.4 Å². The molecule has 2 N–H and O–H groups in total. The molecule has 0 unspecified atom stereocenters. The van der Waals surface area contributed by atoms with Gasteiger partial charge in [0.05, 0.1) is 12.9 Å². The molecule has 1 rings (SSSR count). The Labute approximate surface area is 80.3 Å². The van der Waals surface area contributed by atoms with E-state index in [2.05, 4.69) is 27.1 Å². The van der Waals surface area contributed by atoms with E-state index in [4.69, 9.17) is 11.6 Å². The average molecular weight is 198 g/mol. The summed E-state index contributed by atoms with van der Waals surface area (Å²) in [5.74, 6) is 5.83. The van der Waals surface area contributed by atoms with Crippen molar-refractivity contribution in [2.75, 3.05) is 11.9 Å². The van der Waals surface area contributed by atoms with E-state index in [1.165, 1.54) is 6.33 Å². The molecule has 0 aliphatic rings. The molecule has 0 bridgehead atoms. The Morgan fingerprint density at radius 2 is 2.54 bits per heavy atom. The van der Waals surface area contributed by atoms with Crippen molar-refractivity contribution in [1.29, 1.82) is 0 Å². The summed E-state index contributed by atoms with van der Waals surface area (Å²) in [4.78, 5) is 17.2. The third-order valence-electron chi connectivity index (χ3n) is 1.32. The molecule has 0 fully saturated rings. The summed E-state index contributed by atoms with van der Waals surface area (Å²) in [5.41, 5.74) is -0.358. The van der Waals surface area contributed by atoms with Gasteiger partial charge in [-0.2, -0.15) is 0 Å². The van der Waals surface area contributed by atoms with Crippen molar-refractivity contribution in [2.45, 2.75) is 6.92 Å². The predicted octanol–water partition coefficient (Wildman–Crippen LogP) is 0.859. The Hall–Kier alpha value is -1.47. The lowest BCUT2D eigenvalue weighted by Crippen LogP contribution is -2.11. The molecule has 0 radical (unpaired) electrons. The third-order valence-corrected chi connectivity index (χ3v) is 1.67. The SMILES string of the molecule is CC#CCNc1nc[nH]c(=O)c1Cl. The van der Waals surface area contributed by atoms with Crippen LogP contribution in [-0.2, 0) is 0 Å². The summed E-state index contributed by atoms with van der Waals surface area (Å²) in [6.45, 7) is 2.15. The highest BCUT2D eigenvalue weighted by Crippen LogP contribution is 2.10. The van der Waals surface area contributed by atoms with Crippen molar-refractivity contribution in [1.82, 2.24) is 9.97 Å². The highest BCUT2D eigenvalue weighted by molar-refractivity contribution is 6.32. The predicted molar refractivity (Wildman–Crippen MR) is 51.8 cm³/mol.